The molecule has 0 bridgehead atoms. The van der Waals surface area contributed by atoms with Crippen molar-refractivity contribution < 1.29 is 13.6 Å². The smallest absolute Gasteiger partial charge is 0.257 e. The van der Waals surface area contributed by atoms with Crippen LogP contribution >= 0.6 is 34.7 Å². The largest absolute Gasteiger partial charge is 0.296 e. The van der Waals surface area contributed by atoms with Gasteiger partial charge in [0.1, 0.15) is 11.6 Å². The lowest BCUT2D eigenvalue weighted by molar-refractivity contribution is 0.102. The van der Waals surface area contributed by atoms with Gasteiger partial charge in [0.05, 0.1) is 0 Å². The molecule has 0 unspecified atom stereocenters. The van der Waals surface area contributed by atoms with E-state index in [-0.39, 0.29) is 22.3 Å². The van der Waals surface area contributed by atoms with Gasteiger partial charge in [0, 0.05) is 21.9 Å². The molecule has 0 aliphatic rings. The lowest BCUT2D eigenvalue weighted by Crippen LogP contribution is -2.11. The molecule has 1 aromatic heterocycles. The van der Waals surface area contributed by atoms with Gasteiger partial charge in [-0.15, -0.1) is 10.2 Å². The molecule has 0 saturated carbocycles. The Labute approximate surface area is 155 Å². The third-order valence-corrected chi connectivity index (χ3v) is 5.47. The fraction of sp³-hybridized carbons (Fsp3) is 0.0625. The highest BCUT2D eigenvalue weighted by Gasteiger charge is 2.13. The summed E-state index contributed by atoms with van der Waals surface area (Å²) in [6.07, 6.45) is 0. The van der Waals surface area contributed by atoms with Gasteiger partial charge in [0.25, 0.3) is 5.91 Å². The van der Waals surface area contributed by atoms with Gasteiger partial charge < -0.3 is 0 Å². The Morgan fingerprint density at radius 3 is 2.76 bits per heavy atom. The van der Waals surface area contributed by atoms with E-state index < -0.39 is 11.7 Å². The van der Waals surface area contributed by atoms with Gasteiger partial charge in [-0.3, -0.25) is 10.1 Å². The SMILES string of the molecule is O=C(Nc1nnc(SCc2c(F)cccc2Cl)s1)c1cccc(F)c1. The van der Waals surface area contributed by atoms with Crippen LogP contribution in [0, 0.1) is 11.6 Å². The predicted octanol–water partition coefficient (Wildman–Crippen LogP) is 5.01. The maximum absolute atomic E-state index is 13.7. The first kappa shape index (κ1) is 17.8. The van der Waals surface area contributed by atoms with E-state index in [4.69, 9.17) is 11.6 Å². The Morgan fingerprint density at radius 1 is 1.20 bits per heavy atom. The van der Waals surface area contributed by atoms with E-state index in [1.165, 1.54) is 42.1 Å². The fourth-order valence-corrected chi connectivity index (χ4v) is 4.01. The number of thioether (sulfide) groups is 1. The van der Waals surface area contributed by atoms with Crippen LogP contribution in [0.2, 0.25) is 5.02 Å². The lowest BCUT2D eigenvalue weighted by atomic mass is 10.2. The Kier molecular flexibility index (Phi) is 5.62. The number of nitrogens with zero attached hydrogens (tertiary/aromatic N) is 2. The number of rotatable bonds is 5. The maximum atomic E-state index is 13.7. The van der Waals surface area contributed by atoms with Crippen molar-refractivity contribution in [3.05, 3.63) is 70.2 Å². The minimum absolute atomic E-state index is 0.183. The Balaban J connectivity index is 1.64. The molecule has 0 aliphatic carbocycles. The second-order valence-electron chi connectivity index (χ2n) is 4.83. The number of hydrogen-bond acceptors (Lipinski definition) is 5. The number of anilines is 1. The average molecular weight is 398 g/mol. The summed E-state index contributed by atoms with van der Waals surface area (Å²) in [5.41, 5.74) is 0.567. The molecule has 0 spiro atoms. The molecule has 0 fully saturated rings. The molecule has 128 valence electrons. The number of halogens is 3. The van der Waals surface area contributed by atoms with Crippen LogP contribution in [0.1, 0.15) is 15.9 Å². The number of benzene rings is 2. The van der Waals surface area contributed by atoms with Gasteiger partial charge in [-0.25, -0.2) is 8.78 Å². The summed E-state index contributed by atoms with van der Waals surface area (Å²) in [6, 6.07) is 9.82. The van der Waals surface area contributed by atoms with Crippen molar-refractivity contribution in [3.8, 4) is 0 Å². The van der Waals surface area contributed by atoms with Crippen LogP contribution in [0.5, 0.6) is 0 Å². The predicted molar refractivity (Wildman–Crippen MR) is 95.2 cm³/mol. The number of carbonyl (C=O) groups excluding carboxylic acids is 1. The van der Waals surface area contributed by atoms with Gasteiger partial charge in [-0.05, 0) is 30.3 Å². The number of carbonyl (C=O) groups is 1. The molecule has 2 aromatic carbocycles. The summed E-state index contributed by atoms with van der Waals surface area (Å²) in [5, 5.41) is 11.0. The molecule has 9 heteroatoms. The number of hydrogen-bond donors (Lipinski definition) is 1. The molecule has 0 aliphatic heterocycles. The van der Waals surface area contributed by atoms with Crippen LogP contribution in [0.25, 0.3) is 0 Å². The summed E-state index contributed by atoms with van der Waals surface area (Å²) < 4.78 is 27.4. The van der Waals surface area contributed by atoms with Crippen LogP contribution in [-0.2, 0) is 5.75 Å². The minimum Gasteiger partial charge on any atom is -0.296 e. The molecule has 0 saturated heterocycles. The molecule has 0 atom stereocenters. The molecular formula is C16H10ClF2N3OS2. The minimum atomic E-state index is -0.497. The first-order chi connectivity index (χ1) is 12.0. The maximum Gasteiger partial charge on any atom is 0.257 e. The number of nitrogens with one attached hydrogen (secondary N) is 1. The molecular weight excluding hydrogens is 388 g/mol. The van der Waals surface area contributed by atoms with E-state index in [1.54, 1.807) is 6.07 Å². The van der Waals surface area contributed by atoms with Crippen molar-refractivity contribution >= 4 is 45.7 Å². The molecule has 3 rings (SSSR count). The third-order valence-electron chi connectivity index (χ3n) is 3.12. The number of aromatic nitrogens is 2. The zero-order valence-corrected chi connectivity index (χ0v) is 14.9. The molecule has 1 heterocycles. The number of amides is 1. The lowest BCUT2D eigenvalue weighted by Gasteiger charge is -2.03. The van der Waals surface area contributed by atoms with Crippen LogP contribution in [0.15, 0.2) is 46.8 Å². The van der Waals surface area contributed by atoms with E-state index in [2.05, 4.69) is 15.5 Å². The van der Waals surface area contributed by atoms with Crippen molar-refractivity contribution in [2.24, 2.45) is 0 Å². The molecule has 3 aromatic rings. The molecule has 1 amide bonds. The summed E-state index contributed by atoms with van der Waals surface area (Å²) in [5.74, 6) is -1.07. The van der Waals surface area contributed by atoms with E-state index in [1.807, 2.05) is 0 Å². The van der Waals surface area contributed by atoms with Crippen molar-refractivity contribution in [3.63, 3.8) is 0 Å². The van der Waals surface area contributed by atoms with Gasteiger partial charge in [0.2, 0.25) is 5.13 Å². The highest BCUT2D eigenvalue weighted by Crippen LogP contribution is 2.31. The van der Waals surface area contributed by atoms with Gasteiger partial charge in [-0.2, -0.15) is 0 Å². The monoisotopic (exact) mass is 397 g/mol. The zero-order valence-electron chi connectivity index (χ0n) is 12.5. The second kappa shape index (κ2) is 7.90. The van der Waals surface area contributed by atoms with Crippen molar-refractivity contribution in [1.82, 2.24) is 10.2 Å². The van der Waals surface area contributed by atoms with Crippen molar-refractivity contribution in [2.75, 3.05) is 5.32 Å². The second-order valence-corrected chi connectivity index (χ2v) is 7.43. The van der Waals surface area contributed by atoms with E-state index in [9.17, 15) is 13.6 Å². The highest BCUT2D eigenvalue weighted by atomic mass is 35.5. The fourth-order valence-electron chi connectivity index (χ4n) is 1.92. The molecule has 4 nitrogen and oxygen atoms in total. The van der Waals surface area contributed by atoms with Gasteiger partial charge >= 0.3 is 0 Å². The summed E-state index contributed by atoms with van der Waals surface area (Å²) >= 11 is 8.37. The van der Waals surface area contributed by atoms with E-state index in [0.29, 0.717) is 14.9 Å². The van der Waals surface area contributed by atoms with Crippen LogP contribution in [-0.4, -0.2) is 16.1 Å². The molecule has 25 heavy (non-hydrogen) atoms. The normalized spacial score (nSPS) is 10.7. The topological polar surface area (TPSA) is 54.9 Å². The van der Waals surface area contributed by atoms with Crippen LogP contribution in [0.3, 0.4) is 0 Å². The highest BCUT2D eigenvalue weighted by molar-refractivity contribution is 8.00. The molecule has 0 radical (unpaired) electrons. The Morgan fingerprint density at radius 2 is 2.00 bits per heavy atom. The zero-order chi connectivity index (χ0) is 17.8. The van der Waals surface area contributed by atoms with Crippen LogP contribution < -0.4 is 5.32 Å². The van der Waals surface area contributed by atoms with Gasteiger partial charge in [0.15, 0.2) is 4.34 Å². The quantitative estimate of drug-likeness (QED) is 0.485. The summed E-state index contributed by atoms with van der Waals surface area (Å²) in [7, 11) is 0. The summed E-state index contributed by atoms with van der Waals surface area (Å²) in [6.45, 7) is 0. The van der Waals surface area contributed by atoms with E-state index >= 15 is 0 Å². The summed E-state index contributed by atoms with van der Waals surface area (Å²) in [4.78, 5) is 12.0. The first-order valence-corrected chi connectivity index (χ1v) is 9.17. The average Bonchev–Trinajstić information content (AvgIpc) is 3.02. The third kappa shape index (κ3) is 4.53. The molecule has 1 N–H and O–H groups in total. The van der Waals surface area contributed by atoms with E-state index in [0.717, 1.165) is 17.4 Å². The Bertz CT molecular complexity index is 900. The Hall–Kier alpha value is -2.03. The van der Waals surface area contributed by atoms with Gasteiger partial charge in [-0.1, -0.05) is 46.8 Å². The van der Waals surface area contributed by atoms with Crippen LogP contribution in [0.4, 0.5) is 13.9 Å². The standard InChI is InChI=1S/C16H10ClF2N3OS2/c17-12-5-2-6-13(19)11(12)8-24-16-22-21-15(25-16)20-14(23)9-3-1-4-10(18)7-9/h1-7H,8H2,(H,20,21,23). The van der Waals surface area contributed by atoms with Crippen molar-refractivity contribution in [2.45, 2.75) is 10.1 Å². The van der Waals surface area contributed by atoms with Crippen molar-refractivity contribution in [1.29, 1.82) is 0 Å². The first-order valence-electron chi connectivity index (χ1n) is 6.99.